The van der Waals surface area contributed by atoms with E-state index in [4.69, 9.17) is 5.26 Å². The van der Waals surface area contributed by atoms with Crippen molar-refractivity contribution in [3.05, 3.63) is 52.2 Å². The fourth-order valence-corrected chi connectivity index (χ4v) is 2.56. The summed E-state index contributed by atoms with van der Waals surface area (Å²) >= 11 is 0. The number of aromatic amines is 2. The number of hydrogen-bond donors (Lipinski definition) is 3. The van der Waals surface area contributed by atoms with Gasteiger partial charge in [0.1, 0.15) is 5.69 Å². The molecule has 0 bridgehead atoms. The smallest absolute Gasteiger partial charge is 0.323 e. The van der Waals surface area contributed by atoms with Crippen LogP contribution in [0, 0.1) is 11.3 Å². The van der Waals surface area contributed by atoms with E-state index in [0.717, 1.165) is 0 Å². The molecule has 0 saturated carbocycles. The minimum absolute atomic E-state index is 0.209. The lowest BCUT2D eigenvalue weighted by Crippen LogP contribution is -2.51. The van der Waals surface area contributed by atoms with Crippen LogP contribution < -0.4 is 11.0 Å². The van der Waals surface area contributed by atoms with Gasteiger partial charge in [-0.1, -0.05) is 0 Å². The van der Waals surface area contributed by atoms with Gasteiger partial charge < -0.3 is 25.1 Å². The zero-order chi connectivity index (χ0) is 17.8. The minimum Gasteiger partial charge on any atom is -0.334 e. The number of anilines is 1. The summed E-state index contributed by atoms with van der Waals surface area (Å²) in [7, 11) is 0. The van der Waals surface area contributed by atoms with Crippen LogP contribution in [0.5, 0.6) is 0 Å². The summed E-state index contributed by atoms with van der Waals surface area (Å²) < 4.78 is 0. The molecule has 0 aliphatic carbocycles. The number of nitrogens with one attached hydrogen (secondary N) is 3. The van der Waals surface area contributed by atoms with Gasteiger partial charge in [-0.3, -0.25) is 4.79 Å². The number of imidazole rings is 1. The van der Waals surface area contributed by atoms with Gasteiger partial charge in [-0.15, -0.1) is 0 Å². The van der Waals surface area contributed by atoms with E-state index in [1.807, 2.05) is 6.07 Å². The number of H-pyrrole nitrogens is 2. The molecule has 1 fully saturated rings. The van der Waals surface area contributed by atoms with Crippen LogP contribution in [0.4, 0.5) is 10.5 Å². The molecule has 0 spiro atoms. The second-order valence-corrected chi connectivity index (χ2v) is 5.56. The number of nitrogens with zero attached hydrogens (tertiary/aromatic N) is 3. The Morgan fingerprint density at radius 1 is 1.08 bits per heavy atom. The Hall–Kier alpha value is -3.54. The first-order valence-electron chi connectivity index (χ1n) is 7.70. The normalized spacial score (nSPS) is 14.0. The van der Waals surface area contributed by atoms with Crippen molar-refractivity contribution in [2.24, 2.45) is 0 Å². The molecule has 1 aliphatic rings. The molecule has 2 aromatic rings. The SMILES string of the molecule is N#Cc1ccc(NC(=O)N2CCN(C(=O)c3c[nH]c(=O)[nH]3)CC2)cc1. The van der Waals surface area contributed by atoms with Crippen LogP contribution in [-0.4, -0.2) is 57.9 Å². The molecular formula is C16H16N6O3. The topological polar surface area (TPSA) is 125 Å². The molecule has 2 heterocycles. The minimum atomic E-state index is -0.427. The van der Waals surface area contributed by atoms with Crippen molar-refractivity contribution >= 4 is 17.6 Å². The van der Waals surface area contributed by atoms with E-state index in [1.54, 1.807) is 34.1 Å². The largest absolute Gasteiger partial charge is 0.334 e. The molecule has 25 heavy (non-hydrogen) atoms. The predicted octanol–water partition coefficient (Wildman–Crippen LogP) is 0.565. The molecule has 3 rings (SSSR count). The van der Waals surface area contributed by atoms with Gasteiger partial charge in [0, 0.05) is 38.1 Å². The zero-order valence-electron chi connectivity index (χ0n) is 13.3. The van der Waals surface area contributed by atoms with Crippen molar-refractivity contribution in [3.63, 3.8) is 0 Å². The number of rotatable bonds is 2. The number of nitriles is 1. The highest BCUT2D eigenvalue weighted by molar-refractivity contribution is 5.93. The first kappa shape index (κ1) is 16.3. The average Bonchev–Trinajstić information content (AvgIpc) is 3.08. The molecule has 9 nitrogen and oxygen atoms in total. The predicted molar refractivity (Wildman–Crippen MR) is 89.1 cm³/mol. The summed E-state index contributed by atoms with van der Waals surface area (Å²) in [5, 5.41) is 11.5. The summed E-state index contributed by atoms with van der Waals surface area (Å²) in [6.07, 6.45) is 1.34. The number of amides is 3. The summed E-state index contributed by atoms with van der Waals surface area (Å²) in [5.41, 5.74) is 0.907. The number of piperazine rings is 1. The lowest BCUT2D eigenvalue weighted by atomic mass is 10.2. The Morgan fingerprint density at radius 3 is 2.28 bits per heavy atom. The van der Waals surface area contributed by atoms with Crippen LogP contribution in [-0.2, 0) is 0 Å². The first-order chi connectivity index (χ1) is 12.1. The van der Waals surface area contributed by atoms with Gasteiger partial charge in [-0.05, 0) is 24.3 Å². The number of carbonyl (C=O) groups excluding carboxylic acids is 2. The maximum absolute atomic E-state index is 12.3. The number of aromatic nitrogens is 2. The zero-order valence-corrected chi connectivity index (χ0v) is 13.3. The summed E-state index contributed by atoms with van der Waals surface area (Å²) in [6, 6.07) is 8.35. The van der Waals surface area contributed by atoms with Gasteiger partial charge in [-0.25, -0.2) is 9.59 Å². The second-order valence-electron chi connectivity index (χ2n) is 5.56. The summed E-state index contributed by atoms with van der Waals surface area (Å²) in [5.74, 6) is -0.273. The third-order valence-corrected chi connectivity index (χ3v) is 3.95. The van der Waals surface area contributed by atoms with Crippen LogP contribution in [0.25, 0.3) is 0 Å². The molecule has 1 saturated heterocycles. The van der Waals surface area contributed by atoms with Crippen molar-refractivity contribution < 1.29 is 9.59 Å². The molecule has 128 valence electrons. The Bertz CT molecular complexity index is 868. The fourth-order valence-electron chi connectivity index (χ4n) is 2.56. The van der Waals surface area contributed by atoms with Gasteiger partial charge in [0.05, 0.1) is 11.6 Å². The van der Waals surface area contributed by atoms with Crippen LogP contribution >= 0.6 is 0 Å². The molecule has 0 atom stereocenters. The molecule has 1 aromatic carbocycles. The third-order valence-electron chi connectivity index (χ3n) is 3.95. The number of carbonyl (C=O) groups is 2. The van der Waals surface area contributed by atoms with Crippen molar-refractivity contribution in [1.82, 2.24) is 19.8 Å². The average molecular weight is 340 g/mol. The van der Waals surface area contributed by atoms with E-state index in [1.165, 1.54) is 6.20 Å². The molecular weight excluding hydrogens is 324 g/mol. The summed E-state index contributed by atoms with van der Waals surface area (Å²) in [4.78, 5) is 43.6. The van der Waals surface area contributed by atoms with Crippen LogP contribution in [0.2, 0.25) is 0 Å². The van der Waals surface area contributed by atoms with Crippen LogP contribution in [0.3, 0.4) is 0 Å². The molecule has 3 N–H and O–H groups in total. The van der Waals surface area contributed by atoms with E-state index in [2.05, 4.69) is 15.3 Å². The highest BCUT2D eigenvalue weighted by Gasteiger charge is 2.25. The van der Waals surface area contributed by atoms with Gasteiger partial charge in [0.25, 0.3) is 5.91 Å². The van der Waals surface area contributed by atoms with Crippen molar-refractivity contribution in [2.45, 2.75) is 0 Å². The molecule has 9 heteroatoms. The maximum Gasteiger partial charge on any atom is 0.323 e. The molecule has 1 aromatic heterocycles. The molecule has 0 radical (unpaired) electrons. The quantitative estimate of drug-likeness (QED) is 0.739. The summed E-state index contributed by atoms with van der Waals surface area (Å²) in [6.45, 7) is 1.55. The van der Waals surface area contributed by atoms with E-state index in [0.29, 0.717) is 37.4 Å². The third kappa shape index (κ3) is 3.69. The van der Waals surface area contributed by atoms with E-state index >= 15 is 0 Å². The van der Waals surface area contributed by atoms with Crippen molar-refractivity contribution in [2.75, 3.05) is 31.5 Å². The lowest BCUT2D eigenvalue weighted by Gasteiger charge is -2.34. The van der Waals surface area contributed by atoms with Gasteiger partial charge in [0.2, 0.25) is 0 Å². The monoisotopic (exact) mass is 340 g/mol. The second kappa shape index (κ2) is 6.92. The van der Waals surface area contributed by atoms with E-state index in [9.17, 15) is 14.4 Å². The number of hydrogen-bond acceptors (Lipinski definition) is 4. The fraction of sp³-hybridized carbons (Fsp3) is 0.250. The Morgan fingerprint density at radius 2 is 1.72 bits per heavy atom. The highest BCUT2D eigenvalue weighted by atomic mass is 16.2. The Balaban J connectivity index is 1.54. The number of urea groups is 1. The standard InChI is InChI=1S/C16H16N6O3/c17-9-11-1-3-12(4-2-11)19-16(25)22-7-5-21(6-8-22)14(23)13-10-18-15(24)20-13/h1-4,10H,5-8H2,(H,19,25)(H2,18,20,24). The molecule has 1 aliphatic heterocycles. The first-order valence-corrected chi connectivity index (χ1v) is 7.70. The highest BCUT2D eigenvalue weighted by Crippen LogP contribution is 2.12. The van der Waals surface area contributed by atoms with E-state index < -0.39 is 5.69 Å². The lowest BCUT2D eigenvalue weighted by molar-refractivity contribution is 0.0666. The van der Waals surface area contributed by atoms with Crippen molar-refractivity contribution in [1.29, 1.82) is 5.26 Å². The van der Waals surface area contributed by atoms with Crippen LogP contribution in [0.1, 0.15) is 16.1 Å². The Kier molecular flexibility index (Phi) is 4.52. The van der Waals surface area contributed by atoms with Crippen molar-refractivity contribution in [3.8, 4) is 6.07 Å². The maximum atomic E-state index is 12.3. The number of benzene rings is 1. The molecule has 3 amide bonds. The molecule has 0 unspecified atom stereocenters. The Labute approximate surface area is 142 Å². The van der Waals surface area contributed by atoms with Gasteiger partial charge in [0.15, 0.2) is 0 Å². The van der Waals surface area contributed by atoms with Gasteiger partial charge >= 0.3 is 11.7 Å². The van der Waals surface area contributed by atoms with E-state index in [-0.39, 0.29) is 17.6 Å². The van der Waals surface area contributed by atoms with Crippen LogP contribution in [0.15, 0.2) is 35.3 Å². The van der Waals surface area contributed by atoms with Gasteiger partial charge in [-0.2, -0.15) is 5.26 Å².